The molecule has 4 nitrogen and oxygen atoms in total. The molecule has 1 N–H and O–H groups in total. The Labute approximate surface area is 172 Å². The Kier molecular flexibility index (Phi) is 4.87. The summed E-state index contributed by atoms with van der Waals surface area (Å²) in [5.74, 6) is 2.94. The highest BCUT2D eigenvalue weighted by Gasteiger charge is 2.50. The van der Waals surface area contributed by atoms with Gasteiger partial charge in [0, 0.05) is 13.0 Å². The van der Waals surface area contributed by atoms with Crippen LogP contribution in [0, 0.1) is 29.1 Å². The van der Waals surface area contributed by atoms with Crippen molar-refractivity contribution in [3.63, 3.8) is 0 Å². The predicted molar refractivity (Wildman–Crippen MR) is 110 cm³/mol. The van der Waals surface area contributed by atoms with E-state index < -0.39 is 0 Å². The van der Waals surface area contributed by atoms with Crippen molar-refractivity contribution in [1.29, 1.82) is 5.26 Å². The van der Waals surface area contributed by atoms with Crippen molar-refractivity contribution in [2.75, 3.05) is 6.61 Å². The van der Waals surface area contributed by atoms with E-state index in [1.54, 1.807) is 0 Å². The molecule has 0 aromatic heterocycles. The van der Waals surface area contributed by atoms with Gasteiger partial charge in [-0.05, 0) is 65.8 Å². The second kappa shape index (κ2) is 7.67. The van der Waals surface area contributed by atoms with Gasteiger partial charge < -0.3 is 9.94 Å². The van der Waals surface area contributed by atoms with E-state index in [0.29, 0.717) is 29.9 Å². The summed E-state index contributed by atoms with van der Waals surface area (Å²) in [5, 5.41) is 20.9. The van der Waals surface area contributed by atoms with E-state index in [1.807, 2.05) is 18.2 Å². The van der Waals surface area contributed by atoms with Crippen LogP contribution in [0.3, 0.4) is 0 Å². The number of nitriles is 1. The van der Waals surface area contributed by atoms with Crippen molar-refractivity contribution in [1.82, 2.24) is 5.06 Å². The molecule has 0 radical (unpaired) electrons. The number of hydrogen-bond donors (Lipinski definition) is 1. The topological polar surface area (TPSA) is 56.5 Å². The lowest BCUT2D eigenvalue weighted by Gasteiger charge is -2.25. The van der Waals surface area contributed by atoms with E-state index in [0.717, 1.165) is 38.0 Å². The molecule has 4 heteroatoms. The van der Waals surface area contributed by atoms with Gasteiger partial charge in [-0.1, -0.05) is 42.5 Å². The molecule has 0 bridgehead atoms. The highest BCUT2D eigenvalue weighted by molar-refractivity contribution is 5.38. The normalized spacial score (nSPS) is 28.6. The first kappa shape index (κ1) is 18.4. The average molecular weight is 386 g/mol. The van der Waals surface area contributed by atoms with Crippen molar-refractivity contribution in [3.8, 4) is 6.07 Å². The maximum absolute atomic E-state index is 9.63. The molecule has 2 aliphatic carbocycles. The Balaban J connectivity index is 1.45. The SMILES string of the molecule is N#Cc1ccc(C2C3=C(CCC4C(CO)C4CC3)ON2Cc2ccccc2)cc1. The number of fused-ring (bicyclic) bond motifs is 1. The molecule has 0 spiro atoms. The van der Waals surface area contributed by atoms with E-state index in [1.165, 1.54) is 16.7 Å². The van der Waals surface area contributed by atoms with Crippen molar-refractivity contribution in [3.05, 3.63) is 82.6 Å². The first-order valence-corrected chi connectivity index (χ1v) is 10.6. The van der Waals surface area contributed by atoms with Crippen molar-refractivity contribution < 1.29 is 9.94 Å². The summed E-state index contributed by atoms with van der Waals surface area (Å²) in [7, 11) is 0. The zero-order valence-electron chi connectivity index (χ0n) is 16.5. The number of aliphatic hydroxyl groups is 1. The van der Waals surface area contributed by atoms with E-state index >= 15 is 0 Å². The largest absolute Gasteiger partial charge is 0.409 e. The van der Waals surface area contributed by atoms with Crippen molar-refractivity contribution in [2.24, 2.45) is 17.8 Å². The highest BCUT2D eigenvalue weighted by Crippen LogP contribution is 2.56. The second-order valence-corrected chi connectivity index (χ2v) is 8.49. The van der Waals surface area contributed by atoms with Crippen LogP contribution in [0.4, 0.5) is 0 Å². The molecule has 2 aromatic rings. The summed E-state index contributed by atoms with van der Waals surface area (Å²) < 4.78 is 0. The van der Waals surface area contributed by atoms with Gasteiger partial charge in [-0.25, -0.2) is 0 Å². The Morgan fingerprint density at radius 3 is 2.41 bits per heavy atom. The maximum Gasteiger partial charge on any atom is 0.125 e. The van der Waals surface area contributed by atoms with Gasteiger partial charge in [-0.15, -0.1) is 5.06 Å². The van der Waals surface area contributed by atoms with E-state index in [2.05, 4.69) is 47.5 Å². The molecule has 1 aliphatic heterocycles. The van der Waals surface area contributed by atoms with Gasteiger partial charge in [-0.2, -0.15) is 5.26 Å². The minimum absolute atomic E-state index is 0.0841. The second-order valence-electron chi connectivity index (χ2n) is 8.49. The standard InChI is InChI=1S/C25H26N2O2/c26-14-17-6-8-19(9-7-17)25-22-11-10-20-21(23(20)16-28)12-13-24(22)29-27(25)15-18-4-2-1-3-5-18/h1-9,20-21,23,25,28H,10-13,15-16H2. The molecule has 3 aliphatic rings. The average Bonchev–Trinajstić information content (AvgIpc) is 3.32. The zero-order valence-corrected chi connectivity index (χ0v) is 16.5. The smallest absolute Gasteiger partial charge is 0.125 e. The van der Waals surface area contributed by atoms with Gasteiger partial charge in [0.05, 0.1) is 24.2 Å². The van der Waals surface area contributed by atoms with Crippen LogP contribution >= 0.6 is 0 Å². The Morgan fingerprint density at radius 2 is 1.72 bits per heavy atom. The third kappa shape index (κ3) is 3.46. The summed E-state index contributed by atoms with van der Waals surface area (Å²) in [6, 6.07) is 20.7. The van der Waals surface area contributed by atoms with Gasteiger partial charge in [0.1, 0.15) is 5.76 Å². The lowest BCUT2D eigenvalue weighted by molar-refractivity contribution is -0.130. The minimum Gasteiger partial charge on any atom is -0.409 e. The fourth-order valence-electron chi connectivity index (χ4n) is 5.33. The number of rotatable bonds is 4. The van der Waals surface area contributed by atoms with Crippen LogP contribution in [0.1, 0.15) is 48.4 Å². The number of hydroxylamine groups is 2. The summed E-state index contributed by atoms with van der Waals surface area (Å²) in [4.78, 5) is 6.45. The number of benzene rings is 2. The molecule has 4 unspecified atom stereocenters. The number of allylic oxidation sites excluding steroid dienone is 1. The van der Waals surface area contributed by atoms with Gasteiger partial charge >= 0.3 is 0 Å². The molecule has 1 heterocycles. The molecule has 29 heavy (non-hydrogen) atoms. The predicted octanol–water partition coefficient (Wildman–Crippen LogP) is 4.73. The fraction of sp³-hybridized carbons (Fsp3) is 0.400. The van der Waals surface area contributed by atoms with Gasteiger partial charge in [0.25, 0.3) is 0 Å². The summed E-state index contributed by atoms with van der Waals surface area (Å²) in [5.41, 5.74) is 4.47. The first-order valence-electron chi connectivity index (χ1n) is 10.6. The van der Waals surface area contributed by atoms with Crippen molar-refractivity contribution >= 4 is 0 Å². The molecule has 0 amide bonds. The summed E-state index contributed by atoms with van der Waals surface area (Å²) in [6.45, 7) is 1.05. The van der Waals surface area contributed by atoms with Crippen LogP contribution in [0.25, 0.3) is 0 Å². The third-order valence-corrected chi connectivity index (χ3v) is 6.91. The fourth-order valence-corrected chi connectivity index (χ4v) is 5.33. The van der Waals surface area contributed by atoms with Crippen LogP contribution in [-0.2, 0) is 11.4 Å². The molecular weight excluding hydrogens is 360 g/mol. The Bertz CT molecular complexity index is 945. The Hall–Kier alpha value is -2.61. The summed E-state index contributed by atoms with van der Waals surface area (Å²) >= 11 is 0. The molecule has 1 fully saturated rings. The zero-order chi connectivity index (χ0) is 19.8. The highest BCUT2D eigenvalue weighted by atomic mass is 16.7. The molecule has 2 aromatic carbocycles. The van der Waals surface area contributed by atoms with Crippen molar-refractivity contribution in [2.45, 2.75) is 38.3 Å². The van der Waals surface area contributed by atoms with Gasteiger partial charge in [0.15, 0.2) is 0 Å². The first-order chi connectivity index (χ1) is 14.3. The van der Waals surface area contributed by atoms with Crippen LogP contribution < -0.4 is 0 Å². The lowest BCUT2D eigenvalue weighted by Crippen LogP contribution is -2.24. The molecule has 148 valence electrons. The summed E-state index contributed by atoms with van der Waals surface area (Å²) in [6.07, 6.45) is 4.20. The molecule has 4 atom stereocenters. The van der Waals surface area contributed by atoms with Gasteiger partial charge in [-0.3, -0.25) is 0 Å². The third-order valence-electron chi connectivity index (χ3n) is 6.91. The number of aliphatic hydroxyl groups excluding tert-OH is 1. The molecular formula is C25H26N2O2. The minimum atomic E-state index is 0.0841. The van der Waals surface area contributed by atoms with Gasteiger partial charge in [0.2, 0.25) is 0 Å². The monoisotopic (exact) mass is 386 g/mol. The Morgan fingerprint density at radius 1 is 1.00 bits per heavy atom. The van der Waals surface area contributed by atoms with E-state index in [9.17, 15) is 5.11 Å². The maximum atomic E-state index is 9.63. The van der Waals surface area contributed by atoms with Crippen LogP contribution in [0.2, 0.25) is 0 Å². The van der Waals surface area contributed by atoms with Crippen LogP contribution in [0.15, 0.2) is 65.9 Å². The van der Waals surface area contributed by atoms with E-state index in [4.69, 9.17) is 10.1 Å². The van der Waals surface area contributed by atoms with E-state index in [-0.39, 0.29) is 6.04 Å². The number of hydrogen-bond acceptors (Lipinski definition) is 4. The number of nitrogens with zero attached hydrogens (tertiary/aromatic N) is 2. The van der Waals surface area contributed by atoms with Crippen LogP contribution in [0.5, 0.6) is 0 Å². The molecule has 5 rings (SSSR count). The lowest BCUT2D eigenvalue weighted by atomic mass is 9.90. The molecule has 1 saturated carbocycles. The van der Waals surface area contributed by atoms with Crippen LogP contribution in [-0.4, -0.2) is 16.8 Å². The quantitative estimate of drug-likeness (QED) is 0.825. The molecule has 0 saturated heterocycles.